The largest absolute Gasteiger partial charge is 0.368 e. The first-order valence-corrected chi connectivity index (χ1v) is 5.46. The van der Waals surface area contributed by atoms with Gasteiger partial charge in [0.25, 0.3) is 0 Å². The van der Waals surface area contributed by atoms with Crippen molar-refractivity contribution < 1.29 is 9.84 Å². The first-order valence-electron chi connectivity index (χ1n) is 5.46. The lowest BCUT2D eigenvalue weighted by molar-refractivity contribution is -0.0800. The SMILES string of the molecule is CC1CCCCC1.CCOC(C)O. The van der Waals surface area contributed by atoms with Crippen LogP contribution < -0.4 is 0 Å². The van der Waals surface area contributed by atoms with Gasteiger partial charge in [0.2, 0.25) is 0 Å². The smallest absolute Gasteiger partial charge is 0.151 e. The summed E-state index contributed by atoms with van der Waals surface area (Å²) in [5, 5.41) is 8.33. The molecule has 1 rings (SSSR count). The van der Waals surface area contributed by atoms with E-state index in [9.17, 15) is 0 Å². The van der Waals surface area contributed by atoms with Crippen LogP contribution in [0.1, 0.15) is 52.9 Å². The number of hydrogen-bond acceptors (Lipinski definition) is 2. The molecular formula is C11H24O2. The molecule has 1 N–H and O–H groups in total. The van der Waals surface area contributed by atoms with E-state index in [1.807, 2.05) is 6.92 Å². The van der Waals surface area contributed by atoms with E-state index in [0.29, 0.717) is 6.61 Å². The normalized spacial score (nSPS) is 20.3. The number of ether oxygens (including phenoxy) is 1. The molecule has 1 unspecified atom stereocenters. The monoisotopic (exact) mass is 188 g/mol. The van der Waals surface area contributed by atoms with Crippen molar-refractivity contribution in [2.24, 2.45) is 5.92 Å². The molecule has 0 aromatic carbocycles. The number of aliphatic hydroxyl groups is 1. The molecule has 2 nitrogen and oxygen atoms in total. The van der Waals surface area contributed by atoms with Crippen molar-refractivity contribution in [3.05, 3.63) is 0 Å². The second-order valence-electron chi connectivity index (χ2n) is 3.80. The average molecular weight is 188 g/mol. The topological polar surface area (TPSA) is 29.5 Å². The molecule has 0 aromatic heterocycles. The lowest BCUT2D eigenvalue weighted by Crippen LogP contribution is -2.04. The van der Waals surface area contributed by atoms with E-state index in [2.05, 4.69) is 11.7 Å². The van der Waals surface area contributed by atoms with Crippen LogP contribution in [0.4, 0.5) is 0 Å². The maximum Gasteiger partial charge on any atom is 0.151 e. The Balaban J connectivity index is 0.000000226. The van der Waals surface area contributed by atoms with Crippen LogP contribution in [0.15, 0.2) is 0 Å². The van der Waals surface area contributed by atoms with Crippen molar-refractivity contribution in [2.45, 2.75) is 59.2 Å². The van der Waals surface area contributed by atoms with E-state index >= 15 is 0 Å². The summed E-state index contributed by atoms with van der Waals surface area (Å²) in [5.74, 6) is 1.04. The molecule has 1 atom stereocenters. The van der Waals surface area contributed by atoms with Crippen molar-refractivity contribution in [1.29, 1.82) is 0 Å². The summed E-state index contributed by atoms with van der Waals surface area (Å²) in [5.41, 5.74) is 0. The fourth-order valence-corrected chi connectivity index (χ4v) is 1.55. The summed E-state index contributed by atoms with van der Waals surface area (Å²) in [6.45, 7) is 6.37. The fourth-order valence-electron chi connectivity index (χ4n) is 1.55. The molecule has 1 aliphatic carbocycles. The summed E-state index contributed by atoms with van der Waals surface area (Å²) in [4.78, 5) is 0. The molecule has 13 heavy (non-hydrogen) atoms. The van der Waals surface area contributed by atoms with Crippen LogP contribution in [0.3, 0.4) is 0 Å². The third-order valence-corrected chi connectivity index (χ3v) is 2.30. The van der Waals surface area contributed by atoms with Crippen molar-refractivity contribution in [2.75, 3.05) is 6.61 Å². The zero-order valence-electron chi connectivity index (χ0n) is 9.25. The molecule has 1 aliphatic rings. The van der Waals surface area contributed by atoms with E-state index in [4.69, 9.17) is 5.11 Å². The fraction of sp³-hybridized carbons (Fsp3) is 1.00. The molecule has 2 heteroatoms. The van der Waals surface area contributed by atoms with Crippen LogP contribution in [0.25, 0.3) is 0 Å². The Labute approximate surface area is 82.3 Å². The third kappa shape index (κ3) is 9.84. The summed E-state index contributed by atoms with van der Waals surface area (Å²) in [7, 11) is 0. The van der Waals surface area contributed by atoms with E-state index in [-0.39, 0.29) is 0 Å². The Kier molecular flexibility index (Phi) is 8.46. The van der Waals surface area contributed by atoms with Crippen LogP contribution in [0.2, 0.25) is 0 Å². The van der Waals surface area contributed by atoms with Crippen LogP contribution in [0.5, 0.6) is 0 Å². The van der Waals surface area contributed by atoms with Gasteiger partial charge >= 0.3 is 0 Å². The van der Waals surface area contributed by atoms with E-state index in [1.54, 1.807) is 6.92 Å². The zero-order chi connectivity index (χ0) is 10.1. The number of aliphatic hydroxyl groups excluding tert-OH is 1. The molecule has 0 bridgehead atoms. The Morgan fingerprint density at radius 1 is 1.31 bits per heavy atom. The first kappa shape index (κ1) is 12.9. The van der Waals surface area contributed by atoms with Crippen molar-refractivity contribution >= 4 is 0 Å². The minimum atomic E-state index is -0.602. The minimum Gasteiger partial charge on any atom is -0.368 e. The van der Waals surface area contributed by atoms with Crippen LogP contribution in [-0.2, 0) is 4.74 Å². The highest BCUT2D eigenvalue weighted by Crippen LogP contribution is 2.22. The second-order valence-corrected chi connectivity index (χ2v) is 3.80. The van der Waals surface area contributed by atoms with Gasteiger partial charge in [-0.2, -0.15) is 0 Å². The van der Waals surface area contributed by atoms with Crippen molar-refractivity contribution in [3.8, 4) is 0 Å². The quantitative estimate of drug-likeness (QED) is 0.675. The molecule has 1 saturated carbocycles. The molecule has 0 amide bonds. The van der Waals surface area contributed by atoms with Crippen LogP contribution in [0, 0.1) is 5.92 Å². The third-order valence-electron chi connectivity index (χ3n) is 2.30. The highest BCUT2D eigenvalue weighted by molar-refractivity contribution is 4.59. The van der Waals surface area contributed by atoms with Gasteiger partial charge in [0.15, 0.2) is 6.29 Å². The minimum absolute atomic E-state index is 0.581. The second kappa shape index (κ2) is 8.52. The van der Waals surface area contributed by atoms with Gasteiger partial charge in [0, 0.05) is 6.61 Å². The van der Waals surface area contributed by atoms with Gasteiger partial charge in [-0.3, -0.25) is 0 Å². The predicted octanol–water partition coefficient (Wildman–Crippen LogP) is 2.95. The van der Waals surface area contributed by atoms with Crippen LogP contribution in [-0.4, -0.2) is 18.0 Å². The molecule has 0 radical (unpaired) electrons. The molecule has 80 valence electrons. The van der Waals surface area contributed by atoms with Crippen molar-refractivity contribution in [1.82, 2.24) is 0 Å². The lowest BCUT2D eigenvalue weighted by Gasteiger charge is -2.15. The summed E-state index contributed by atoms with van der Waals surface area (Å²) >= 11 is 0. The summed E-state index contributed by atoms with van der Waals surface area (Å²) in [6, 6.07) is 0. The van der Waals surface area contributed by atoms with E-state index in [1.165, 1.54) is 32.1 Å². The number of hydrogen-bond donors (Lipinski definition) is 1. The average Bonchev–Trinajstić information content (AvgIpc) is 2.06. The van der Waals surface area contributed by atoms with E-state index < -0.39 is 6.29 Å². The van der Waals surface area contributed by atoms with Gasteiger partial charge in [0.1, 0.15) is 0 Å². The molecule has 0 spiro atoms. The Morgan fingerprint density at radius 2 is 1.85 bits per heavy atom. The Morgan fingerprint density at radius 3 is 2.00 bits per heavy atom. The van der Waals surface area contributed by atoms with Gasteiger partial charge in [-0.25, -0.2) is 0 Å². The predicted molar refractivity (Wildman–Crippen MR) is 55.6 cm³/mol. The molecular weight excluding hydrogens is 164 g/mol. The van der Waals surface area contributed by atoms with Gasteiger partial charge in [-0.15, -0.1) is 0 Å². The first-order chi connectivity index (χ1) is 6.16. The Hall–Kier alpha value is -0.0800. The zero-order valence-corrected chi connectivity index (χ0v) is 9.25. The highest BCUT2D eigenvalue weighted by Gasteiger charge is 2.05. The van der Waals surface area contributed by atoms with Crippen molar-refractivity contribution in [3.63, 3.8) is 0 Å². The maximum absolute atomic E-state index is 8.33. The summed E-state index contributed by atoms with van der Waals surface area (Å²) < 4.78 is 4.60. The molecule has 0 saturated heterocycles. The molecule has 0 heterocycles. The van der Waals surface area contributed by atoms with Gasteiger partial charge < -0.3 is 9.84 Å². The van der Waals surface area contributed by atoms with Gasteiger partial charge in [-0.05, 0) is 19.8 Å². The van der Waals surface area contributed by atoms with Gasteiger partial charge in [-0.1, -0.05) is 39.0 Å². The lowest BCUT2D eigenvalue weighted by atomic mass is 9.91. The number of rotatable bonds is 2. The van der Waals surface area contributed by atoms with Gasteiger partial charge in [0.05, 0.1) is 0 Å². The molecule has 0 aromatic rings. The van der Waals surface area contributed by atoms with Crippen LogP contribution >= 0.6 is 0 Å². The highest BCUT2D eigenvalue weighted by atomic mass is 16.6. The molecule has 0 aliphatic heterocycles. The van der Waals surface area contributed by atoms with E-state index in [0.717, 1.165) is 5.92 Å². The Bertz CT molecular complexity index is 96.3. The standard InChI is InChI=1S/C7H14.C4H10O2/c1-7-5-3-2-4-6-7;1-3-6-4(2)5/h7H,2-6H2,1H3;4-5H,3H2,1-2H3. The maximum atomic E-state index is 8.33. The molecule has 1 fully saturated rings. The summed E-state index contributed by atoms with van der Waals surface area (Å²) in [6.07, 6.45) is 6.84.